The van der Waals surface area contributed by atoms with Crippen molar-refractivity contribution in [2.75, 3.05) is 13.1 Å². The zero-order valence-corrected chi connectivity index (χ0v) is 13.1. The second-order valence-corrected chi connectivity index (χ2v) is 6.84. The van der Waals surface area contributed by atoms with Crippen LogP contribution in [0.15, 0.2) is 0 Å². The lowest BCUT2D eigenvalue weighted by Crippen LogP contribution is -2.38. The van der Waals surface area contributed by atoms with Crippen LogP contribution >= 0.6 is 0 Å². The number of hydrogen-bond donors (Lipinski definition) is 2. The molecule has 2 aliphatic rings. The standard InChI is InChI=1S/C17H32N2O/c1-14(16-6-4-2-3-5-7-16)19-17(20)9-8-15-10-12-18-13-11-15/h14-16,18H,2-13H2,1H3,(H,19,20)/t14-/m1/s1. The van der Waals surface area contributed by atoms with Crippen molar-refractivity contribution in [3.63, 3.8) is 0 Å². The Kier molecular flexibility index (Phi) is 6.85. The summed E-state index contributed by atoms with van der Waals surface area (Å²) in [7, 11) is 0. The first-order valence-electron chi connectivity index (χ1n) is 8.76. The fraction of sp³-hybridized carbons (Fsp3) is 0.941. The van der Waals surface area contributed by atoms with Crippen molar-refractivity contribution in [1.29, 1.82) is 0 Å². The fourth-order valence-electron chi connectivity index (χ4n) is 3.76. The maximum Gasteiger partial charge on any atom is 0.220 e. The van der Waals surface area contributed by atoms with Crippen LogP contribution in [0.25, 0.3) is 0 Å². The van der Waals surface area contributed by atoms with E-state index in [1.807, 2.05) is 0 Å². The van der Waals surface area contributed by atoms with Crippen LogP contribution in [-0.2, 0) is 4.79 Å². The van der Waals surface area contributed by atoms with E-state index in [2.05, 4.69) is 17.6 Å². The molecule has 0 aromatic heterocycles. The molecular weight excluding hydrogens is 248 g/mol. The smallest absolute Gasteiger partial charge is 0.220 e. The van der Waals surface area contributed by atoms with E-state index in [9.17, 15) is 4.79 Å². The lowest BCUT2D eigenvalue weighted by Gasteiger charge is -2.25. The highest BCUT2D eigenvalue weighted by atomic mass is 16.1. The number of hydrogen-bond acceptors (Lipinski definition) is 2. The van der Waals surface area contributed by atoms with E-state index >= 15 is 0 Å². The number of amides is 1. The average molecular weight is 280 g/mol. The van der Waals surface area contributed by atoms with E-state index in [1.54, 1.807) is 0 Å². The van der Waals surface area contributed by atoms with Crippen LogP contribution in [0.4, 0.5) is 0 Å². The van der Waals surface area contributed by atoms with Gasteiger partial charge in [-0.2, -0.15) is 0 Å². The van der Waals surface area contributed by atoms with Gasteiger partial charge in [-0.3, -0.25) is 4.79 Å². The topological polar surface area (TPSA) is 41.1 Å². The molecular formula is C17H32N2O. The molecule has 1 aliphatic heterocycles. The molecule has 2 fully saturated rings. The SMILES string of the molecule is C[C@@H](NC(=O)CCC1CCNCC1)C1CCCCCC1. The maximum absolute atomic E-state index is 12.1. The Morgan fingerprint density at radius 2 is 1.75 bits per heavy atom. The normalized spacial score (nSPS) is 24.1. The third-order valence-corrected chi connectivity index (χ3v) is 5.23. The van der Waals surface area contributed by atoms with Crippen molar-refractivity contribution < 1.29 is 4.79 Å². The zero-order valence-electron chi connectivity index (χ0n) is 13.1. The van der Waals surface area contributed by atoms with E-state index < -0.39 is 0 Å². The molecule has 3 heteroatoms. The van der Waals surface area contributed by atoms with Gasteiger partial charge in [0.2, 0.25) is 5.91 Å². The Labute approximate surface area is 124 Å². The minimum Gasteiger partial charge on any atom is -0.353 e. The lowest BCUT2D eigenvalue weighted by atomic mass is 9.91. The highest BCUT2D eigenvalue weighted by Gasteiger charge is 2.21. The first-order valence-corrected chi connectivity index (χ1v) is 8.76. The van der Waals surface area contributed by atoms with Gasteiger partial charge in [-0.15, -0.1) is 0 Å². The molecule has 1 saturated heterocycles. The summed E-state index contributed by atoms with van der Waals surface area (Å²) in [6, 6.07) is 0.369. The lowest BCUT2D eigenvalue weighted by molar-refractivity contribution is -0.122. The largest absolute Gasteiger partial charge is 0.353 e. The van der Waals surface area contributed by atoms with Gasteiger partial charge >= 0.3 is 0 Å². The first kappa shape index (κ1) is 15.8. The zero-order chi connectivity index (χ0) is 14.2. The molecule has 1 heterocycles. The summed E-state index contributed by atoms with van der Waals surface area (Å²) in [6.07, 6.45) is 12.3. The molecule has 1 saturated carbocycles. The Morgan fingerprint density at radius 3 is 2.40 bits per heavy atom. The summed E-state index contributed by atoms with van der Waals surface area (Å²) in [5.74, 6) is 1.75. The van der Waals surface area contributed by atoms with E-state index in [1.165, 1.54) is 51.4 Å². The summed E-state index contributed by atoms with van der Waals surface area (Å²) in [4.78, 5) is 12.1. The minimum absolute atomic E-state index is 0.278. The Bertz CT molecular complexity index is 279. The number of rotatable bonds is 5. The highest BCUT2D eigenvalue weighted by molar-refractivity contribution is 5.76. The second-order valence-electron chi connectivity index (χ2n) is 6.84. The molecule has 0 radical (unpaired) electrons. The minimum atomic E-state index is 0.278. The van der Waals surface area contributed by atoms with Gasteiger partial charge in [0.15, 0.2) is 0 Å². The molecule has 0 unspecified atom stereocenters. The first-order chi connectivity index (χ1) is 9.75. The van der Waals surface area contributed by atoms with Gasteiger partial charge in [-0.25, -0.2) is 0 Å². The Hall–Kier alpha value is -0.570. The van der Waals surface area contributed by atoms with Crippen LogP contribution in [0.3, 0.4) is 0 Å². The third-order valence-electron chi connectivity index (χ3n) is 5.23. The van der Waals surface area contributed by atoms with E-state index in [0.29, 0.717) is 12.0 Å². The molecule has 1 atom stereocenters. The van der Waals surface area contributed by atoms with Crippen LogP contribution in [0.2, 0.25) is 0 Å². The van der Waals surface area contributed by atoms with Crippen molar-refractivity contribution in [3.8, 4) is 0 Å². The number of piperidine rings is 1. The van der Waals surface area contributed by atoms with Crippen molar-refractivity contribution in [2.45, 2.75) is 77.2 Å². The third kappa shape index (κ3) is 5.43. The van der Waals surface area contributed by atoms with Crippen molar-refractivity contribution >= 4 is 5.91 Å². The molecule has 2 rings (SSSR count). The summed E-state index contributed by atoms with van der Waals surface area (Å²) in [5.41, 5.74) is 0. The molecule has 0 aromatic rings. The molecule has 2 N–H and O–H groups in total. The van der Waals surface area contributed by atoms with Gasteiger partial charge < -0.3 is 10.6 Å². The van der Waals surface area contributed by atoms with Crippen molar-refractivity contribution in [2.24, 2.45) is 11.8 Å². The highest BCUT2D eigenvalue weighted by Crippen LogP contribution is 2.25. The van der Waals surface area contributed by atoms with E-state index in [4.69, 9.17) is 0 Å². The molecule has 0 spiro atoms. The summed E-state index contributed by atoms with van der Waals surface area (Å²) in [6.45, 7) is 4.47. The quantitative estimate of drug-likeness (QED) is 0.759. The van der Waals surface area contributed by atoms with E-state index in [0.717, 1.165) is 31.8 Å². The molecule has 20 heavy (non-hydrogen) atoms. The molecule has 3 nitrogen and oxygen atoms in total. The van der Waals surface area contributed by atoms with Gasteiger partial charge in [0, 0.05) is 12.5 Å². The van der Waals surface area contributed by atoms with Crippen LogP contribution in [0.5, 0.6) is 0 Å². The second kappa shape index (κ2) is 8.66. The molecule has 116 valence electrons. The van der Waals surface area contributed by atoms with Gasteiger partial charge in [0.05, 0.1) is 0 Å². The number of nitrogens with one attached hydrogen (secondary N) is 2. The molecule has 1 amide bonds. The predicted octanol–water partition coefficient (Wildman–Crippen LogP) is 3.24. The summed E-state index contributed by atoms with van der Waals surface area (Å²) >= 11 is 0. The average Bonchev–Trinajstić information content (AvgIpc) is 2.75. The fourth-order valence-corrected chi connectivity index (χ4v) is 3.76. The maximum atomic E-state index is 12.1. The van der Waals surface area contributed by atoms with Crippen molar-refractivity contribution in [1.82, 2.24) is 10.6 Å². The number of carbonyl (C=O) groups excluding carboxylic acids is 1. The van der Waals surface area contributed by atoms with Gasteiger partial charge in [0.25, 0.3) is 0 Å². The molecule has 0 bridgehead atoms. The number of carbonyl (C=O) groups is 1. The monoisotopic (exact) mass is 280 g/mol. The van der Waals surface area contributed by atoms with Gasteiger partial charge in [-0.1, -0.05) is 25.7 Å². The van der Waals surface area contributed by atoms with Crippen LogP contribution in [0.1, 0.15) is 71.1 Å². The molecule has 1 aliphatic carbocycles. The predicted molar refractivity (Wildman–Crippen MR) is 83.6 cm³/mol. The summed E-state index contributed by atoms with van der Waals surface area (Å²) in [5, 5.41) is 6.65. The summed E-state index contributed by atoms with van der Waals surface area (Å²) < 4.78 is 0. The van der Waals surface area contributed by atoms with Gasteiger partial charge in [-0.05, 0) is 64.0 Å². The van der Waals surface area contributed by atoms with Crippen molar-refractivity contribution in [3.05, 3.63) is 0 Å². The van der Waals surface area contributed by atoms with Crippen LogP contribution in [-0.4, -0.2) is 25.0 Å². The Morgan fingerprint density at radius 1 is 1.10 bits per heavy atom. The van der Waals surface area contributed by atoms with Gasteiger partial charge in [0.1, 0.15) is 0 Å². The van der Waals surface area contributed by atoms with Crippen LogP contribution in [0, 0.1) is 11.8 Å². The Balaban J connectivity index is 1.64. The van der Waals surface area contributed by atoms with Crippen LogP contribution < -0.4 is 10.6 Å². The van der Waals surface area contributed by atoms with E-state index in [-0.39, 0.29) is 5.91 Å². The molecule has 0 aromatic carbocycles.